The monoisotopic (exact) mass is 249 g/mol. The molecule has 0 aromatic heterocycles. The third-order valence-corrected chi connectivity index (χ3v) is 3.92. The molecule has 1 aromatic carbocycles. The van der Waals surface area contributed by atoms with Crippen LogP contribution in [0.2, 0.25) is 0 Å². The second-order valence-corrected chi connectivity index (χ2v) is 5.51. The number of hydrogen-bond donors (Lipinski definition) is 1. The molecule has 2 atom stereocenters. The molecule has 0 amide bonds. The van der Waals surface area contributed by atoms with Crippen LogP contribution in [0.3, 0.4) is 0 Å². The number of rotatable bonds is 4. The molecule has 1 fully saturated rings. The molecule has 1 aliphatic rings. The highest BCUT2D eigenvalue weighted by molar-refractivity contribution is 5.28. The van der Waals surface area contributed by atoms with Crippen molar-refractivity contribution in [3.05, 3.63) is 35.1 Å². The van der Waals surface area contributed by atoms with Crippen molar-refractivity contribution in [1.82, 2.24) is 5.32 Å². The Morgan fingerprint density at radius 3 is 2.72 bits per heavy atom. The van der Waals surface area contributed by atoms with Crippen molar-refractivity contribution < 1.29 is 4.39 Å². The van der Waals surface area contributed by atoms with Crippen LogP contribution in [-0.2, 0) is 0 Å². The Kier molecular flexibility index (Phi) is 4.76. The lowest BCUT2D eigenvalue weighted by Crippen LogP contribution is -2.37. The molecule has 0 radical (unpaired) electrons. The Hall–Kier alpha value is -0.890. The molecule has 2 rings (SSSR count). The number of nitrogens with one attached hydrogen (secondary N) is 1. The van der Waals surface area contributed by atoms with E-state index in [4.69, 9.17) is 0 Å². The SMILES string of the molecule is CCCNC1CCCCC1c1cc(C)cc(F)c1. The fourth-order valence-corrected chi connectivity index (χ4v) is 3.08. The Bertz CT molecular complexity index is 368. The highest BCUT2D eigenvalue weighted by Crippen LogP contribution is 2.33. The lowest BCUT2D eigenvalue weighted by atomic mass is 9.79. The summed E-state index contributed by atoms with van der Waals surface area (Å²) >= 11 is 0. The lowest BCUT2D eigenvalue weighted by Gasteiger charge is -2.33. The normalized spacial score (nSPS) is 24.2. The highest BCUT2D eigenvalue weighted by Gasteiger charge is 2.26. The van der Waals surface area contributed by atoms with Crippen LogP contribution >= 0.6 is 0 Å². The zero-order valence-electron chi connectivity index (χ0n) is 11.5. The van der Waals surface area contributed by atoms with Crippen LogP contribution < -0.4 is 5.32 Å². The van der Waals surface area contributed by atoms with Gasteiger partial charge in [-0.25, -0.2) is 4.39 Å². The number of benzene rings is 1. The van der Waals surface area contributed by atoms with Crippen molar-refractivity contribution in [2.75, 3.05) is 6.54 Å². The number of aryl methyl sites for hydroxylation is 1. The zero-order chi connectivity index (χ0) is 13.0. The van der Waals surface area contributed by atoms with Crippen molar-refractivity contribution in [2.24, 2.45) is 0 Å². The molecule has 0 bridgehead atoms. The largest absolute Gasteiger partial charge is 0.313 e. The van der Waals surface area contributed by atoms with E-state index in [1.807, 2.05) is 6.92 Å². The summed E-state index contributed by atoms with van der Waals surface area (Å²) in [6.45, 7) is 5.23. The Morgan fingerprint density at radius 2 is 2.00 bits per heavy atom. The van der Waals surface area contributed by atoms with Gasteiger partial charge in [-0.15, -0.1) is 0 Å². The van der Waals surface area contributed by atoms with E-state index in [0.717, 1.165) is 18.5 Å². The topological polar surface area (TPSA) is 12.0 Å². The Labute approximate surface area is 110 Å². The van der Waals surface area contributed by atoms with E-state index in [-0.39, 0.29) is 5.82 Å². The quantitative estimate of drug-likeness (QED) is 0.845. The first-order chi connectivity index (χ1) is 8.70. The maximum atomic E-state index is 13.5. The van der Waals surface area contributed by atoms with Gasteiger partial charge in [0.2, 0.25) is 0 Å². The first-order valence-electron chi connectivity index (χ1n) is 7.21. The smallest absolute Gasteiger partial charge is 0.123 e. The molecular formula is C16H24FN. The van der Waals surface area contributed by atoms with E-state index in [9.17, 15) is 4.39 Å². The van der Waals surface area contributed by atoms with Crippen LogP contribution in [0.4, 0.5) is 4.39 Å². The van der Waals surface area contributed by atoms with Crippen LogP contribution in [0.1, 0.15) is 56.1 Å². The van der Waals surface area contributed by atoms with Crippen molar-refractivity contribution >= 4 is 0 Å². The average molecular weight is 249 g/mol. The number of halogens is 1. The second kappa shape index (κ2) is 6.33. The van der Waals surface area contributed by atoms with Crippen LogP contribution in [-0.4, -0.2) is 12.6 Å². The van der Waals surface area contributed by atoms with Gasteiger partial charge in [0.25, 0.3) is 0 Å². The van der Waals surface area contributed by atoms with Gasteiger partial charge in [-0.2, -0.15) is 0 Å². The molecule has 18 heavy (non-hydrogen) atoms. The predicted octanol–water partition coefficient (Wildman–Crippen LogP) is 4.16. The minimum atomic E-state index is -0.0928. The van der Waals surface area contributed by atoms with E-state index in [2.05, 4.69) is 18.3 Å². The molecule has 1 aliphatic carbocycles. The average Bonchev–Trinajstić information content (AvgIpc) is 2.35. The van der Waals surface area contributed by atoms with Crippen molar-refractivity contribution in [3.8, 4) is 0 Å². The molecule has 2 heteroatoms. The summed E-state index contributed by atoms with van der Waals surface area (Å²) in [5, 5.41) is 3.64. The van der Waals surface area contributed by atoms with Crippen LogP contribution in [0.5, 0.6) is 0 Å². The van der Waals surface area contributed by atoms with Gasteiger partial charge in [0.1, 0.15) is 5.82 Å². The van der Waals surface area contributed by atoms with E-state index in [1.54, 1.807) is 12.1 Å². The van der Waals surface area contributed by atoms with E-state index in [0.29, 0.717) is 12.0 Å². The van der Waals surface area contributed by atoms with Gasteiger partial charge in [-0.05, 0) is 61.9 Å². The first kappa shape index (κ1) is 13.5. The molecular weight excluding hydrogens is 225 g/mol. The third kappa shape index (κ3) is 3.32. The van der Waals surface area contributed by atoms with Crippen LogP contribution in [0.25, 0.3) is 0 Å². The maximum Gasteiger partial charge on any atom is 0.123 e. The predicted molar refractivity (Wildman–Crippen MR) is 74.4 cm³/mol. The van der Waals surface area contributed by atoms with Gasteiger partial charge >= 0.3 is 0 Å². The summed E-state index contributed by atoms with van der Waals surface area (Å²) in [5.41, 5.74) is 2.21. The molecule has 0 aliphatic heterocycles. The van der Waals surface area contributed by atoms with E-state index < -0.39 is 0 Å². The highest BCUT2D eigenvalue weighted by atomic mass is 19.1. The van der Waals surface area contributed by atoms with Gasteiger partial charge in [-0.1, -0.05) is 25.8 Å². The van der Waals surface area contributed by atoms with Gasteiger partial charge in [-0.3, -0.25) is 0 Å². The zero-order valence-corrected chi connectivity index (χ0v) is 11.5. The van der Waals surface area contributed by atoms with Crippen molar-refractivity contribution in [1.29, 1.82) is 0 Å². The molecule has 1 nitrogen and oxygen atoms in total. The summed E-state index contributed by atoms with van der Waals surface area (Å²) in [7, 11) is 0. The van der Waals surface area contributed by atoms with Gasteiger partial charge < -0.3 is 5.32 Å². The van der Waals surface area contributed by atoms with E-state index in [1.165, 1.54) is 31.2 Å². The molecule has 2 unspecified atom stereocenters. The molecule has 0 heterocycles. The number of hydrogen-bond acceptors (Lipinski definition) is 1. The lowest BCUT2D eigenvalue weighted by molar-refractivity contribution is 0.327. The minimum Gasteiger partial charge on any atom is -0.313 e. The fraction of sp³-hybridized carbons (Fsp3) is 0.625. The van der Waals surface area contributed by atoms with Gasteiger partial charge in [0.05, 0.1) is 0 Å². The Morgan fingerprint density at radius 1 is 1.22 bits per heavy atom. The molecule has 100 valence electrons. The summed E-state index contributed by atoms with van der Waals surface area (Å²) in [4.78, 5) is 0. The van der Waals surface area contributed by atoms with Gasteiger partial charge in [0.15, 0.2) is 0 Å². The van der Waals surface area contributed by atoms with Crippen LogP contribution in [0.15, 0.2) is 18.2 Å². The summed E-state index contributed by atoms with van der Waals surface area (Å²) in [5.74, 6) is 0.393. The molecule has 1 saturated carbocycles. The fourth-order valence-electron chi connectivity index (χ4n) is 3.08. The summed E-state index contributed by atoms with van der Waals surface area (Å²) in [6, 6.07) is 6.02. The Balaban J connectivity index is 2.16. The summed E-state index contributed by atoms with van der Waals surface area (Å²) < 4.78 is 13.5. The minimum absolute atomic E-state index is 0.0928. The van der Waals surface area contributed by atoms with Crippen LogP contribution in [0, 0.1) is 12.7 Å². The molecule has 1 N–H and O–H groups in total. The van der Waals surface area contributed by atoms with Crippen molar-refractivity contribution in [3.63, 3.8) is 0 Å². The van der Waals surface area contributed by atoms with Gasteiger partial charge in [0, 0.05) is 6.04 Å². The van der Waals surface area contributed by atoms with E-state index >= 15 is 0 Å². The summed E-state index contributed by atoms with van der Waals surface area (Å²) in [6.07, 6.45) is 6.13. The molecule has 0 spiro atoms. The standard InChI is InChI=1S/C16H24FN/c1-3-8-18-16-7-5-4-6-15(16)13-9-12(2)10-14(17)11-13/h9-11,15-16,18H,3-8H2,1-2H3. The first-order valence-corrected chi connectivity index (χ1v) is 7.21. The second-order valence-electron chi connectivity index (χ2n) is 5.51. The maximum absolute atomic E-state index is 13.5. The third-order valence-electron chi connectivity index (χ3n) is 3.92. The van der Waals surface area contributed by atoms with Crippen molar-refractivity contribution in [2.45, 2.75) is 57.9 Å². The molecule has 1 aromatic rings. The molecule has 0 saturated heterocycles.